The third-order valence-corrected chi connectivity index (χ3v) is 6.69. The Hall–Kier alpha value is -2.46. The van der Waals surface area contributed by atoms with Crippen molar-refractivity contribution in [3.63, 3.8) is 0 Å². The molecule has 9 nitrogen and oxygen atoms in total. The van der Waals surface area contributed by atoms with Crippen LogP contribution >= 0.6 is 0 Å². The molecule has 1 aliphatic heterocycles. The minimum Gasteiger partial charge on any atom is -0.476 e. The van der Waals surface area contributed by atoms with Crippen LogP contribution in [0.1, 0.15) is 64.6 Å². The van der Waals surface area contributed by atoms with Crippen molar-refractivity contribution in [2.45, 2.75) is 57.5 Å². The van der Waals surface area contributed by atoms with Crippen LogP contribution < -0.4 is 15.0 Å². The predicted octanol–water partition coefficient (Wildman–Crippen LogP) is 2.51. The Bertz CT molecular complexity index is 1100. The summed E-state index contributed by atoms with van der Waals surface area (Å²) in [6.45, 7) is -0.542. The summed E-state index contributed by atoms with van der Waals surface area (Å²) in [4.78, 5) is 32.8. The lowest BCUT2D eigenvalue weighted by atomic mass is 9.92. The number of aliphatic hydroxyl groups excluding tert-OH is 1. The second kappa shape index (κ2) is 12.5. The first-order chi connectivity index (χ1) is 19.1. The molecule has 2 N–H and O–H groups in total. The lowest BCUT2D eigenvalue weighted by Gasteiger charge is -2.40. The molecule has 0 radical (unpaired) electrons. The Morgan fingerprint density at radius 2 is 2.03 bits per heavy atom. The molecule has 0 unspecified atom stereocenters. The minimum atomic E-state index is -4.04. The van der Waals surface area contributed by atoms with Crippen molar-refractivity contribution >= 4 is 17.6 Å². The van der Waals surface area contributed by atoms with Gasteiger partial charge in [0, 0.05) is 32.3 Å². The monoisotopic (exact) mass is 500 g/mol. The number of esters is 1. The molecule has 0 spiro atoms. The highest BCUT2D eigenvalue weighted by Gasteiger charge is 2.40. The van der Waals surface area contributed by atoms with Crippen molar-refractivity contribution < 1.29 is 41.5 Å². The molecule has 0 aromatic carbocycles. The number of amides is 1. The molecule has 0 bridgehead atoms. The largest absolute Gasteiger partial charge is 0.476 e. The Morgan fingerprint density at radius 1 is 1.29 bits per heavy atom. The predicted molar refractivity (Wildman–Crippen MR) is 128 cm³/mol. The van der Waals surface area contributed by atoms with Gasteiger partial charge in [0.15, 0.2) is 0 Å². The Balaban J connectivity index is 1.76. The van der Waals surface area contributed by atoms with Crippen LogP contribution in [0.15, 0.2) is 12.1 Å². The second-order valence-corrected chi connectivity index (χ2v) is 8.75. The van der Waals surface area contributed by atoms with Gasteiger partial charge in [-0.3, -0.25) is 9.18 Å². The smallest absolute Gasteiger partial charge is 0.331 e. The van der Waals surface area contributed by atoms with Crippen molar-refractivity contribution in [2.75, 3.05) is 51.5 Å². The van der Waals surface area contributed by atoms with E-state index in [-0.39, 0.29) is 49.0 Å². The standard InChI is InChI=1S/C25H38FN3O6/c1-4-25(5-2,24(32)34-11-7-6-10-26)28-22(31)20-8-9-21(29-13-19(14-29)33-3)23(27-20)35-16-18-12-17(18)15-30/h8-9,17-19,30H,4-7,10-16H2,1-3H3,(H,28,31)/t17-,18-/m1/s1/i6D2,7D2,10D2,26-1. The van der Waals surface area contributed by atoms with Crippen LogP contribution in [-0.4, -0.2) is 80.3 Å². The van der Waals surface area contributed by atoms with Gasteiger partial charge in [0.05, 0.1) is 28.7 Å². The van der Waals surface area contributed by atoms with E-state index in [1.54, 1.807) is 27.0 Å². The number of aromatic nitrogens is 1. The van der Waals surface area contributed by atoms with Gasteiger partial charge in [-0.05, 0) is 56.0 Å². The fourth-order valence-electron chi connectivity index (χ4n) is 3.97. The average molecular weight is 501 g/mol. The first-order valence-corrected chi connectivity index (χ1v) is 11.8. The first-order valence-electron chi connectivity index (χ1n) is 14.8. The van der Waals surface area contributed by atoms with Crippen LogP contribution in [0, 0.1) is 11.8 Å². The highest BCUT2D eigenvalue weighted by atomic mass is 18.2. The molecule has 1 saturated heterocycles. The van der Waals surface area contributed by atoms with Crippen LogP contribution in [0.25, 0.3) is 0 Å². The number of carbonyl (C=O) groups excluding carboxylic acids is 2. The van der Waals surface area contributed by atoms with Gasteiger partial charge < -0.3 is 29.5 Å². The van der Waals surface area contributed by atoms with E-state index >= 15 is 0 Å². The fourth-order valence-corrected chi connectivity index (χ4v) is 3.97. The SMILES string of the molecule is [2H]C([2H])([18F])C([2H])([2H])C([2H])([2H])COC(=O)C(CC)(CC)NC(=O)c1ccc(N2CC(OC)C2)c(OC[C@H]2C[C@@H]2CO)n1. The number of nitrogens with one attached hydrogen (secondary N) is 1. The van der Waals surface area contributed by atoms with Crippen molar-refractivity contribution in [3.8, 4) is 5.88 Å². The van der Waals surface area contributed by atoms with E-state index in [0.29, 0.717) is 25.4 Å². The van der Waals surface area contributed by atoms with Gasteiger partial charge in [-0.1, -0.05) is 13.8 Å². The fraction of sp³-hybridized carbons (Fsp3) is 0.720. The van der Waals surface area contributed by atoms with Gasteiger partial charge in [-0.25, -0.2) is 9.78 Å². The van der Waals surface area contributed by atoms with E-state index in [1.165, 1.54) is 6.07 Å². The lowest BCUT2D eigenvalue weighted by Crippen LogP contribution is -2.54. The topological polar surface area (TPSA) is 110 Å². The summed E-state index contributed by atoms with van der Waals surface area (Å²) in [7, 11) is 1.62. The molecule has 1 aromatic heterocycles. The van der Waals surface area contributed by atoms with Gasteiger partial charge in [0.1, 0.15) is 16.9 Å². The Labute approximate surface area is 214 Å². The lowest BCUT2D eigenvalue weighted by molar-refractivity contribution is -0.152. The van der Waals surface area contributed by atoms with Crippen molar-refractivity contribution in [1.29, 1.82) is 0 Å². The van der Waals surface area contributed by atoms with Crippen LogP contribution in [0.2, 0.25) is 0 Å². The van der Waals surface area contributed by atoms with E-state index in [4.69, 9.17) is 22.4 Å². The number of rotatable bonds is 15. The van der Waals surface area contributed by atoms with Crippen LogP contribution in [0.3, 0.4) is 0 Å². The highest BCUT2D eigenvalue weighted by molar-refractivity contribution is 5.97. The molecule has 2 aliphatic rings. The van der Waals surface area contributed by atoms with E-state index < -0.39 is 43.4 Å². The number of methoxy groups -OCH3 is 1. The van der Waals surface area contributed by atoms with Gasteiger partial charge >= 0.3 is 5.97 Å². The summed E-state index contributed by atoms with van der Waals surface area (Å²) in [6, 6.07) is 3.15. The van der Waals surface area contributed by atoms with Gasteiger partial charge in [0.2, 0.25) is 5.88 Å². The molecular weight excluding hydrogens is 456 g/mol. The number of hydrogen-bond acceptors (Lipinski definition) is 8. The zero-order valence-corrected chi connectivity index (χ0v) is 20.3. The maximum absolute atomic E-state index is 13.7. The molecule has 1 aromatic rings. The van der Waals surface area contributed by atoms with Crippen molar-refractivity contribution in [2.24, 2.45) is 11.8 Å². The van der Waals surface area contributed by atoms with E-state index in [1.807, 2.05) is 4.90 Å². The number of anilines is 1. The Morgan fingerprint density at radius 3 is 2.63 bits per heavy atom. The third-order valence-electron chi connectivity index (χ3n) is 6.69. The molecule has 35 heavy (non-hydrogen) atoms. The summed E-state index contributed by atoms with van der Waals surface area (Å²) in [5.74, 6) is -1.26. The molecule has 10 heteroatoms. The van der Waals surface area contributed by atoms with E-state index in [0.717, 1.165) is 6.42 Å². The number of halogens is 1. The number of aliphatic hydroxyl groups is 1. The number of ether oxygens (including phenoxy) is 3. The quantitative estimate of drug-likeness (QED) is 0.354. The van der Waals surface area contributed by atoms with Crippen molar-refractivity contribution in [3.05, 3.63) is 17.8 Å². The zero-order valence-electron chi connectivity index (χ0n) is 26.3. The summed E-state index contributed by atoms with van der Waals surface area (Å²) in [5, 5.41) is 11.9. The molecule has 3 rings (SSSR count). The zero-order chi connectivity index (χ0) is 30.8. The highest BCUT2D eigenvalue weighted by Crippen LogP contribution is 2.39. The van der Waals surface area contributed by atoms with Gasteiger partial charge in [-0.15, -0.1) is 0 Å². The van der Waals surface area contributed by atoms with Crippen LogP contribution in [-0.2, 0) is 14.3 Å². The molecule has 1 amide bonds. The maximum Gasteiger partial charge on any atom is 0.331 e. The third kappa shape index (κ3) is 6.61. The molecule has 1 saturated carbocycles. The van der Waals surface area contributed by atoms with E-state index in [2.05, 4.69) is 10.3 Å². The second-order valence-electron chi connectivity index (χ2n) is 8.75. The molecule has 2 atom stereocenters. The number of hydrogen-bond donors (Lipinski definition) is 2. The number of carbonyl (C=O) groups is 2. The maximum atomic E-state index is 13.7. The summed E-state index contributed by atoms with van der Waals surface area (Å²) < 4.78 is 74.6. The average Bonchev–Trinajstić information content (AvgIpc) is 3.67. The number of alkyl halides is 1. The summed E-state index contributed by atoms with van der Waals surface area (Å²) in [5.41, 5.74) is -1.04. The van der Waals surface area contributed by atoms with Gasteiger partial charge in [0.25, 0.3) is 5.91 Å². The Kier molecular flexibility index (Phi) is 7.03. The first kappa shape index (κ1) is 19.7. The molecule has 196 valence electrons. The normalized spacial score (nSPS) is 23.5. The molecule has 2 heterocycles. The molecular formula is C25H38FN3O6. The van der Waals surface area contributed by atoms with Crippen LogP contribution in [0.4, 0.5) is 10.1 Å². The summed E-state index contributed by atoms with van der Waals surface area (Å²) >= 11 is 0. The minimum absolute atomic E-state index is 0.0196. The van der Waals surface area contributed by atoms with Crippen LogP contribution in [0.5, 0.6) is 5.88 Å². The van der Waals surface area contributed by atoms with Gasteiger partial charge in [-0.2, -0.15) is 0 Å². The molecule has 1 aliphatic carbocycles. The number of pyridine rings is 1. The van der Waals surface area contributed by atoms with E-state index in [9.17, 15) is 19.1 Å². The summed E-state index contributed by atoms with van der Waals surface area (Å²) in [6.07, 6.45) is -5.91. The number of nitrogens with zero attached hydrogens (tertiary/aromatic N) is 2. The molecule has 2 fully saturated rings. The van der Waals surface area contributed by atoms with Crippen molar-refractivity contribution in [1.82, 2.24) is 10.3 Å².